The second-order valence-electron chi connectivity index (χ2n) is 4.19. The summed E-state index contributed by atoms with van der Waals surface area (Å²) >= 11 is 0. The van der Waals surface area contributed by atoms with Crippen molar-refractivity contribution >= 4 is 17.1 Å². The molecule has 0 unspecified atom stereocenters. The van der Waals surface area contributed by atoms with E-state index >= 15 is 0 Å². The van der Waals surface area contributed by atoms with Crippen LogP contribution in [0.3, 0.4) is 0 Å². The number of ether oxygens (including phenoxy) is 1. The van der Waals surface area contributed by atoms with Gasteiger partial charge >= 0.3 is 0 Å². The Balaban J connectivity index is 2.39. The van der Waals surface area contributed by atoms with Gasteiger partial charge in [0.05, 0.1) is 30.1 Å². The molecule has 4 nitrogen and oxygen atoms in total. The molecular formula is C15H15N3O. The fourth-order valence-corrected chi connectivity index (χ4v) is 1.80. The van der Waals surface area contributed by atoms with Crippen molar-refractivity contribution in [1.82, 2.24) is 0 Å². The van der Waals surface area contributed by atoms with Crippen molar-refractivity contribution in [2.75, 3.05) is 18.2 Å². The average molecular weight is 253 g/mol. The first-order chi connectivity index (χ1) is 9.15. The number of methoxy groups -OCH3 is 1. The molecule has 0 aliphatic heterocycles. The smallest absolute Gasteiger partial charge is 0.143 e. The zero-order valence-corrected chi connectivity index (χ0v) is 10.9. The van der Waals surface area contributed by atoms with E-state index in [0.717, 1.165) is 16.9 Å². The normalized spacial score (nSPS) is 9.74. The minimum absolute atomic E-state index is 0.548. The molecule has 0 spiro atoms. The van der Waals surface area contributed by atoms with Crippen LogP contribution in [0.2, 0.25) is 0 Å². The van der Waals surface area contributed by atoms with E-state index in [4.69, 9.17) is 15.7 Å². The predicted octanol–water partition coefficient (Wildman–Crippen LogP) is 3.20. The average Bonchev–Trinajstić information content (AvgIpc) is 2.43. The van der Waals surface area contributed by atoms with Crippen LogP contribution in [0.25, 0.3) is 0 Å². The third kappa shape index (κ3) is 2.61. The zero-order valence-electron chi connectivity index (χ0n) is 10.9. The number of nitrogens with one attached hydrogen (secondary N) is 1. The molecule has 19 heavy (non-hydrogen) atoms. The van der Waals surface area contributed by atoms with Gasteiger partial charge in [0.15, 0.2) is 0 Å². The molecule has 0 atom stereocenters. The van der Waals surface area contributed by atoms with Crippen molar-refractivity contribution in [3.05, 3.63) is 47.5 Å². The fourth-order valence-electron chi connectivity index (χ4n) is 1.80. The summed E-state index contributed by atoms with van der Waals surface area (Å²) in [5, 5.41) is 12.2. The lowest BCUT2D eigenvalue weighted by Gasteiger charge is -2.14. The topological polar surface area (TPSA) is 71.1 Å². The standard InChI is InChI=1S/C15H15N3O/c1-10-6-7-11(9-16)8-13(10)18-12-4-3-5-14(19-2)15(12)17/h3-8,18H,17H2,1-2H3. The fraction of sp³-hybridized carbons (Fsp3) is 0.133. The van der Waals surface area contributed by atoms with Crippen LogP contribution in [0, 0.1) is 18.3 Å². The molecule has 2 rings (SSSR count). The summed E-state index contributed by atoms with van der Waals surface area (Å²) in [5.41, 5.74) is 9.83. The summed E-state index contributed by atoms with van der Waals surface area (Å²) < 4.78 is 5.18. The Bertz CT molecular complexity index is 644. The Kier molecular flexibility index (Phi) is 3.58. The minimum atomic E-state index is 0.548. The second kappa shape index (κ2) is 5.32. The van der Waals surface area contributed by atoms with Crippen LogP contribution < -0.4 is 15.8 Å². The van der Waals surface area contributed by atoms with E-state index in [-0.39, 0.29) is 0 Å². The number of para-hydroxylation sites is 1. The summed E-state index contributed by atoms with van der Waals surface area (Å²) in [6.45, 7) is 1.97. The Morgan fingerprint density at radius 1 is 1.21 bits per heavy atom. The lowest BCUT2D eigenvalue weighted by atomic mass is 10.1. The van der Waals surface area contributed by atoms with Crippen molar-refractivity contribution in [2.24, 2.45) is 0 Å². The quantitative estimate of drug-likeness (QED) is 0.824. The molecule has 0 amide bonds. The molecule has 2 aromatic rings. The van der Waals surface area contributed by atoms with Gasteiger partial charge in [-0.3, -0.25) is 0 Å². The third-order valence-corrected chi connectivity index (χ3v) is 2.92. The van der Waals surface area contributed by atoms with Crippen molar-refractivity contribution in [3.8, 4) is 11.8 Å². The van der Waals surface area contributed by atoms with Crippen LogP contribution in [-0.2, 0) is 0 Å². The van der Waals surface area contributed by atoms with Gasteiger partial charge in [-0.1, -0.05) is 12.1 Å². The van der Waals surface area contributed by atoms with E-state index in [0.29, 0.717) is 17.0 Å². The summed E-state index contributed by atoms with van der Waals surface area (Å²) in [6, 6.07) is 13.1. The summed E-state index contributed by atoms with van der Waals surface area (Å²) in [5.74, 6) is 0.624. The number of benzene rings is 2. The molecule has 0 saturated carbocycles. The molecule has 0 aliphatic carbocycles. The molecule has 3 N–H and O–H groups in total. The second-order valence-corrected chi connectivity index (χ2v) is 4.19. The van der Waals surface area contributed by atoms with Gasteiger partial charge in [0.1, 0.15) is 5.75 Å². The molecule has 0 heterocycles. The maximum absolute atomic E-state index is 8.93. The number of nitrogens with zero attached hydrogens (tertiary/aromatic N) is 1. The van der Waals surface area contributed by atoms with Crippen LogP contribution in [0.4, 0.5) is 17.1 Å². The monoisotopic (exact) mass is 253 g/mol. The number of nitriles is 1. The highest BCUT2D eigenvalue weighted by molar-refractivity contribution is 5.78. The van der Waals surface area contributed by atoms with Crippen LogP contribution in [-0.4, -0.2) is 7.11 Å². The van der Waals surface area contributed by atoms with Crippen molar-refractivity contribution in [3.63, 3.8) is 0 Å². The molecule has 0 aliphatic rings. The van der Waals surface area contributed by atoms with E-state index in [1.54, 1.807) is 25.3 Å². The zero-order chi connectivity index (χ0) is 13.8. The van der Waals surface area contributed by atoms with Gasteiger partial charge in [-0.15, -0.1) is 0 Å². The Morgan fingerprint density at radius 3 is 2.68 bits per heavy atom. The maximum Gasteiger partial charge on any atom is 0.143 e. The molecule has 2 aromatic carbocycles. The van der Waals surface area contributed by atoms with Gasteiger partial charge in [0, 0.05) is 5.69 Å². The number of aryl methyl sites for hydroxylation is 1. The number of rotatable bonds is 3. The number of nitrogen functional groups attached to an aromatic ring is 1. The lowest BCUT2D eigenvalue weighted by Crippen LogP contribution is -2.00. The van der Waals surface area contributed by atoms with Crippen molar-refractivity contribution in [2.45, 2.75) is 6.92 Å². The highest BCUT2D eigenvalue weighted by Gasteiger charge is 2.07. The highest BCUT2D eigenvalue weighted by atomic mass is 16.5. The summed E-state index contributed by atoms with van der Waals surface area (Å²) in [7, 11) is 1.58. The third-order valence-electron chi connectivity index (χ3n) is 2.92. The molecule has 0 radical (unpaired) electrons. The lowest BCUT2D eigenvalue weighted by molar-refractivity contribution is 0.417. The highest BCUT2D eigenvalue weighted by Crippen LogP contribution is 2.32. The molecule has 96 valence electrons. The van der Waals surface area contributed by atoms with Crippen LogP contribution in [0.5, 0.6) is 5.75 Å². The first-order valence-electron chi connectivity index (χ1n) is 5.86. The Labute approximate surface area is 112 Å². The minimum Gasteiger partial charge on any atom is -0.495 e. The summed E-state index contributed by atoms with van der Waals surface area (Å²) in [4.78, 5) is 0. The number of hydrogen-bond acceptors (Lipinski definition) is 4. The molecule has 0 bridgehead atoms. The summed E-state index contributed by atoms with van der Waals surface area (Å²) in [6.07, 6.45) is 0. The van der Waals surface area contributed by atoms with Gasteiger partial charge in [-0.25, -0.2) is 0 Å². The molecule has 0 saturated heterocycles. The number of nitrogens with two attached hydrogens (primary N) is 1. The molecule has 0 aromatic heterocycles. The van der Waals surface area contributed by atoms with E-state index < -0.39 is 0 Å². The van der Waals surface area contributed by atoms with Gasteiger partial charge in [-0.2, -0.15) is 5.26 Å². The van der Waals surface area contributed by atoms with Crippen molar-refractivity contribution in [1.29, 1.82) is 5.26 Å². The molecule has 0 fully saturated rings. The van der Waals surface area contributed by atoms with Crippen molar-refractivity contribution < 1.29 is 4.74 Å². The van der Waals surface area contributed by atoms with Crippen LogP contribution >= 0.6 is 0 Å². The SMILES string of the molecule is COc1cccc(Nc2cc(C#N)ccc2C)c1N. The first-order valence-corrected chi connectivity index (χ1v) is 5.86. The number of anilines is 3. The van der Waals surface area contributed by atoms with Crippen LogP contribution in [0.15, 0.2) is 36.4 Å². The largest absolute Gasteiger partial charge is 0.495 e. The van der Waals surface area contributed by atoms with Gasteiger partial charge < -0.3 is 15.8 Å². The van der Waals surface area contributed by atoms with Crippen LogP contribution in [0.1, 0.15) is 11.1 Å². The maximum atomic E-state index is 8.93. The predicted molar refractivity (Wildman–Crippen MR) is 76.6 cm³/mol. The Morgan fingerprint density at radius 2 is 2.00 bits per heavy atom. The first kappa shape index (κ1) is 12.8. The Hall–Kier alpha value is -2.67. The van der Waals surface area contributed by atoms with E-state index in [9.17, 15) is 0 Å². The van der Waals surface area contributed by atoms with E-state index in [1.807, 2.05) is 25.1 Å². The van der Waals surface area contributed by atoms with E-state index in [1.165, 1.54) is 0 Å². The van der Waals surface area contributed by atoms with E-state index in [2.05, 4.69) is 11.4 Å². The number of hydrogen-bond donors (Lipinski definition) is 2. The molecule has 4 heteroatoms. The molecular weight excluding hydrogens is 238 g/mol. The van der Waals surface area contributed by atoms with Gasteiger partial charge in [0.25, 0.3) is 0 Å². The van der Waals surface area contributed by atoms with Gasteiger partial charge in [0.2, 0.25) is 0 Å². The van der Waals surface area contributed by atoms with Gasteiger partial charge in [-0.05, 0) is 36.8 Å².